The first-order chi connectivity index (χ1) is 14.5. The predicted molar refractivity (Wildman–Crippen MR) is 124 cm³/mol. The number of aryl methyl sites for hydroxylation is 1. The van der Waals surface area contributed by atoms with Gasteiger partial charge in [0.25, 0.3) is 5.91 Å². The fraction of sp³-hybridized carbons (Fsp3) is 0.192. The lowest BCUT2D eigenvalue weighted by molar-refractivity contribution is 0.0942. The number of hydrogen-bond donors (Lipinski definition) is 1. The normalized spacial score (nSPS) is 12.3. The molecule has 4 heteroatoms. The summed E-state index contributed by atoms with van der Waals surface area (Å²) < 4.78 is 2.14. The highest BCUT2D eigenvalue weighted by molar-refractivity contribution is 5.94. The first-order valence-electron chi connectivity index (χ1n) is 10.2. The Balaban J connectivity index is 1.50. The predicted octanol–water partition coefficient (Wildman–Crippen LogP) is 4.88. The number of fused-ring (bicyclic) bond motifs is 1. The Bertz CT molecular complexity index is 1140. The molecule has 1 amide bonds. The average molecular weight is 398 g/mol. The summed E-state index contributed by atoms with van der Waals surface area (Å²) in [4.78, 5) is 14.9. The van der Waals surface area contributed by atoms with Gasteiger partial charge in [-0.25, -0.2) is 0 Å². The molecule has 4 rings (SSSR count). The molecule has 0 bridgehead atoms. The quantitative estimate of drug-likeness (QED) is 0.504. The van der Waals surface area contributed by atoms with Crippen molar-refractivity contribution in [3.05, 3.63) is 96.2 Å². The number of aromatic nitrogens is 1. The molecule has 0 fully saturated rings. The maximum Gasteiger partial charge on any atom is 0.251 e. The molecular formula is C26H27N3O. The van der Waals surface area contributed by atoms with Crippen LogP contribution in [0.15, 0.2) is 85.1 Å². The standard InChI is InChI=1S/C26H27N3O/c1-28(2)25(23-18-29(3)24-12-8-7-11-22(23)24)17-27-26(30)21-15-13-20(14-16-21)19-9-5-4-6-10-19/h4-16,18,25H,17H2,1-3H3,(H,27,30). The lowest BCUT2D eigenvalue weighted by Crippen LogP contribution is -2.34. The molecule has 1 unspecified atom stereocenters. The van der Waals surface area contributed by atoms with Crippen LogP contribution < -0.4 is 5.32 Å². The summed E-state index contributed by atoms with van der Waals surface area (Å²) in [6, 6.07) is 26.4. The van der Waals surface area contributed by atoms with Crippen LogP contribution in [0.3, 0.4) is 0 Å². The monoisotopic (exact) mass is 397 g/mol. The van der Waals surface area contributed by atoms with Crippen molar-refractivity contribution < 1.29 is 4.79 Å². The van der Waals surface area contributed by atoms with Gasteiger partial charge in [-0.2, -0.15) is 0 Å². The van der Waals surface area contributed by atoms with Gasteiger partial charge in [0.1, 0.15) is 0 Å². The first-order valence-corrected chi connectivity index (χ1v) is 10.2. The molecule has 1 aromatic heterocycles. The zero-order valence-electron chi connectivity index (χ0n) is 17.7. The minimum Gasteiger partial charge on any atom is -0.350 e. The second kappa shape index (κ2) is 8.56. The zero-order valence-corrected chi connectivity index (χ0v) is 17.7. The number of carbonyl (C=O) groups is 1. The topological polar surface area (TPSA) is 37.3 Å². The van der Waals surface area contributed by atoms with Gasteiger partial charge in [-0.15, -0.1) is 0 Å². The summed E-state index contributed by atoms with van der Waals surface area (Å²) in [5.41, 5.74) is 5.34. The van der Waals surface area contributed by atoms with Crippen LogP contribution in [0.25, 0.3) is 22.0 Å². The van der Waals surface area contributed by atoms with Crippen LogP contribution in [0.2, 0.25) is 0 Å². The first kappa shape index (κ1) is 19.9. The molecule has 0 saturated carbocycles. The third kappa shape index (κ3) is 4.00. The largest absolute Gasteiger partial charge is 0.350 e. The van der Waals surface area contributed by atoms with Gasteiger partial charge >= 0.3 is 0 Å². The van der Waals surface area contributed by atoms with Gasteiger partial charge in [-0.05, 0) is 49.0 Å². The molecule has 0 spiro atoms. The van der Waals surface area contributed by atoms with E-state index >= 15 is 0 Å². The van der Waals surface area contributed by atoms with Crippen molar-refractivity contribution in [1.82, 2.24) is 14.8 Å². The van der Waals surface area contributed by atoms with E-state index < -0.39 is 0 Å². The van der Waals surface area contributed by atoms with E-state index in [1.54, 1.807) is 0 Å². The van der Waals surface area contributed by atoms with E-state index in [1.165, 1.54) is 16.5 Å². The Labute approximate surface area is 177 Å². The minimum atomic E-state index is -0.0540. The minimum absolute atomic E-state index is 0.0540. The summed E-state index contributed by atoms with van der Waals surface area (Å²) in [6.45, 7) is 0.542. The van der Waals surface area contributed by atoms with E-state index in [1.807, 2.05) is 56.6 Å². The van der Waals surface area contributed by atoms with Gasteiger partial charge < -0.3 is 14.8 Å². The number of hydrogen-bond acceptors (Lipinski definition) is 2. The van der Waals surface area contributed by atoms with Crippen LogP contribution >= 0.6 is 0 Å². The maximum absolute atomic E-state index is 12.8. The second-order valence-electron chi connectivity index (χ2n) is 7.85. The molecule has 152 valence electrons. The number of para-hydroxylation sites is 1. The van der Waals surface area contributed by atoms with Crippen LogP contribution in [0.5, 0.6) is 0 Å². The van der Waals surface area contributed by atoms with Crippen molar-refractivity contribution in [3.8, 4) is 11.1 Å². The Hall–Kier alpha value is -3.37. The van der Waals surface area contributed by atoms with Crippen molar-refractivity contribution in [1.29, 1.82) is 0 Å². The fourth-order valence-electron chi connectivity index (χ4n) is 3.95. The van der Waals surface area contributed by atoms with E-state index in [-0.39, 0.29) is 11.9 Å². The molecule has 0 aliphatic heterocycles. The smallest absolute Gasteiger partial charge is 0.251 e. The highest BCUT2D eigenvalue weighted by Crippen LogP contribution is 2.28. The summed E-state index contributed by atoms with van der Waals surface area (Å²) >= 11 is 0. The van der Waals surface area contributed by atoms with Gasteiger partial charge in [0.2, 0.25) is 0 Å². The molecule has 0 radical (unpaired) electrons. The van der Waals surface area contributed by atoms with Crippen LogP contribution in [-0.2, 0) is 7.05 Å². The second-order valence-corrected chi connectivity index (χ2v) is 7.85. The molecule has 1 N–H and O–H groups in total. The van der Waals surface area contributed by atoms with Crippen molar-refractivity contribution >= 4 is 16.8 Å². The number of carbonyl (C=O) groups excluding carboxylic acids is 1. The van der Waals surface area contributed by atoms with Crippen molar-refractivity contribution in [2.75, 3.05) is 20.6 Å². The van der Waals surface area contributed by atoms with Crippen LogP contribution in [0.4, 0.5) is 0 Å². The summed E-state index contributed by atoms with van der Waals surface area (Å²) in [5.74, 6) is -0.0540. The van der Waals surface area contributed by atoms with Crippen molar-refractivity contribution in [3.63, 3.8) is 0 Å². The van der Waals surface area contributed by atoms with E-state index in [0.717, 1.165) is 11.1 Å². The molecule has 4 aromatic rings. The molecule has 3 aromatic carbocycles. The van der Waals surface area contributed by atoms with Gasteiger partial charge in [-0.1, -0.05) is 60.7 Å². The van der Waals surface area contributed by atoms with E-state index in [2.05, 4.69) is 64.4 Å². The number of benzene rings is 3. The average Bonchev–Trinajstić information content (AvgIpc) is 3.11. The van der Waals surface area contributed by atoms with E-state index in [4.69, 9.17) is 0 Å². The Morgan fingerprint density at radius 1 is 0.900 bits per heavy atom. The molecule has 4 nitrogen and oxygen atoms in total. The summed E-state index contributed by atoms with van der Waals surface area (Å²) in [6.07, 6.45) is 2.16. The molecule has 1 heterocycles. The molecular weight excluding hydrogens is 370 g/mol. The molecule has 30 heavy (non-hydrogen) atoms. The molecule has 0 aliphatic rings. The number of amides is 1. The summed E-state index contributed by atoms with van der Waals surface area (Å²) in [7, 11) is 6.16. The number of rotatable bonds is 6. The van der Waals surface area contributed by atoms with Crippen molar-refractivity contribution in [2.24, 2.45) is 7.05 Å². The highest BCUT2D eigenvalue weighted by atomic mass is 16.1. The van der Waals surface area contributed by atoms with Gasteiger partial charge in [0.15, 0.2) is 0 Å². The Morgan fingerprint density at radius 3 is 2.23 bits per heavy atom. The fourth-order valence-corrected chi connectivity index (χ4v) is 3.95. The van der Waals surface area contributed by atoms with Crippen LogP contribution in [-0.4, -0.2) is 36.0 Å². The van der Waals surface area contributed by atoms with Crippen LogP contribution in [0, 0.1) is 0 Å². The third-order valence-corrected chi connectivity index (χ3v) is 5.62. The van der Waals surface area contributed by atoms with Gasteiger partial charge in [0.05, 0.1) is 6.04 Å². The SMILES string of the molecule is CN(C)C(CNC(=O)c1ccc(-c2ccccc2)cc1)c1cn(C)c2ccccc12. The molecule has 1 atom stereocenters. The number of likely N-dealkylation sites (N-methyl/N-ethyl adjacent to an activating group) is 1. The van der Waals surface area contributed by atoms with Crippen LogP contribution in [0.1, 0.15) is 22.0 Å². The lowest BCUT2D eigenvalue weighted by Gasteiger charge is -2.24. The van der Waals surface area contributed by atoms with Gasteiger partial charge in [-0.3, -0.25) is 4.79 Å². The third-order valence-electron chi connectivity index (χ3n) is 5.62. The lowest BCUT2D eigenvalue weighted by atomic mass is 10.0. The van der Waals surface area contributed by atoms with Crippen molar-refractivity contribution in [2.45, 2.75) is 6.04 Å². The molecule has 0 saturated heterocycles. The number of nitrogens with one attached hydrogen (secondary N) is 1. The maximum atomic E-state index is 12.8. The highest BCUT2D eigenvalue weighted by Gasteiger charge is 2.20. The Kier molecular flexibility index (Phi) is 5.68. The molecule has 0 aliphatic carbocycles. The van der Waals surface area contributed by atoms with E-state index in [0.29, 0.717) is 12.1 Å². The van der Waals surface area contributed by atoms with E-state index in [9.17, 15) is 4.79 Å². The Morgan fingerprint density at radius 2 is 1.53 bits per heavy atom. The van der Waals surface area contributed by atoms with Gasteiger partial charge in [0, 0.05) is 36.3 Å². The zero-order chi connectivity index (χ0) is 21.1. The number of nitrogens with zero attached hydrogens (tertiary/aromatic N) is 2. The summed E-state index contributed by atoms with van der Waals surface area (Å²) in [5, 5.41) is 4.34.